The summed E-state index contributed by atoms with van der Waals surface area (Å²) in [5.41, 5.74) is 1.28. The van der Waals surface area contributed by atoms with Gasteiger partial charge in [0.2, 0.25) is 0 Å². The highest BCUT2D eigenvalue weighted by atomic mass is 16.5. The number of ether oxygens (including phenoxy) is 2. The molecular formula is C15H23NO2. The van der Waals surface area contributed by atoms with Crippen LogP contribution < -0.4 is 10.1 Å². The molecule has 1 heterocycles. The van der Waals surface area contributed by atoms with E-state index >= 15 is 0 Å². The predicted octanol–water partition coefficient (Wildman–Crippen LogP) is 2.74. The topological polar surface area (TPSA) is 30.5 Å². The van der Waals surface area contributed by atoms with E-state index in [4.69, 9.17) is 9.47 Å². The highest BCUT2D eigenvalue weighted by Gasteiger charge is 2.36. The second kappa shape index (κ2) is 5.72. The van der Waals surface area contributed by atoms with Gasteiger partial charge in [-0.25, -0.2) is 0 Å². The second-order valence-electron chi connectivity index (χ2n) is 5.07. The van der Waals surface area contributed by atoms with Crippen LogP contribution in [0.5, 0.6) is 5.75 Å². The molecule has 1 fully saturated rings. The van der Waals surface area contributed by atoms with Crippen molar-refractivity contribution in [2.24, 2.45) is 0 Å². The molecule has 0 amide bonds. The summed E-state index contributed by atoms with van der Waals surface area (Å²) in [6, 6.07) is 8.20. The van der Waals surface area contributed by atoms with Crippen LogP contribution in [0.3, 0.4) is 0 Å². The molecule has 0 radical (unpaired) electrons. The van der Waals surface area contributed by atoms with Crippen molar-refractivity contribution < 1.29 is 9.47 Å². The summed E-state index contributed by atoms with van der Waals surface area (Å²) >= 11 is 0. The minimum absolute atomic E-state index is 0.0688. The molecule has 100 valence electrons. The monoisotopic (exact) mass is 249 g/mol. The van der Waals surface area contributed by atoms with E-state index in [1.807, 2.05) is 19.1 Å². The lowest BCUT2D eigenvalue weighted by Crippen LogP contribution is -2.47. The van der Waals surface area contributed by atoms with Crippen molar-refractivity contribution in [1.29, 1.82) is 0 Å². The van der Waals surface area contributed by atoms with E-state index in [1.54, 1.807) is 0 Å². The Kier molecular flexibility index (Phi) is 4.25. The SMILES string of the molecule is CCOc1ccccc1CNC1(C)CCOC1C. The van der Waals surface area contributed by atoms with Gasteiger partial charge in [-0.1, -0.05) is 18.2 Å². The van der Waals surface area contributed by atoms with Crippen molar-refractivity contribution in [1.82, 2.24) is 5.32 Å². The number of benzene rings is 1. The van der Waals surface area contributed by atoms with Gasteiger partial charge in [0, 0.05) is 24.3 Å². The number of hydrogen-bond acceptors (Lipinski definition) is 3. The quantitative estimate of drug-likeness (QED) is 0.870. The Balaban J connectivity index is 2.01. The van der Waals surface area contributed by atoms with Crippen molar-refractivity contribution in [2.45, 2.75) is 45.4 Å². The van der Waals surface area contributed by atoms with Crippen LogP contribution in [-0.2, 0) is 11.3 Å². The van der Waals surface area contributed by atoms with E-state index in [2.05, 4.69) is 31.3 Å². The molecule has 2 rings (SSSR count). The molecule has 18 heavy (non-hydrogen) atoms. The van der Waals surface area contributed by atoms with Gasteiger partial charge in [-0.2, -0.15) is 0 Å². The number of rotatable bonds is 5. The molecule has 2 unspecified atom stereocenters. The Labute approximate surface area is 109 Å². The molecule has 3 nitrogen and oxygen atoms in total. The van der Waals surface area contributed by atoms with Crippen molar-refractivity contribution >= 4 is 0 Å². The Morgan fingerprint density at radius 1 is 1.44 bits per heavy atom. The molecule has 1 aromatic carbocycles. The lowest BCUT2D eigenvalue weighted by molar-refractivity contribution is 0.0880. The third-order valence-electron chi connectivity index (χ3n) is 3.84. The lowest BCUT2D eigenvalue weighted by Gasteiger charge is -2.29. The van der Waals surface area contributed by atoms with Crippen LogP contribution in [0.2, 0.25) is 0 Å². The van der Waals surface area contributed by atoms with E-state index in [9.17, 15) is 0 Å². The maximum absolute atomic E-state index is 5.64. The largest absolute Gasteiger partial charge is 0.494 e. The zero-order valence-corrected chi connectivity index (χ0v) is 11.5. The molecule has 1 aliphatic rings. The third-order valence-corrected chi connectivity index (χ3v) is 3.84. The molecule has 3 heteroatoms. The van der Waals surface area contributed by atoms with Crippen molar-refractivity contribution in [3.8, 4) is 5.75 Å². The molecule has 1 aromatic rings. The summed E-state index contributed by atoms with van der Waals surface area (Å²) in [6.45, 7) is 8.74. The van der Waals surface area contributed by atoms with E-state index in [-0.39, 0.29) is 11.6 Å². The number of hydrogen-bond donors (Lipinski definition) is 1. The summed E-state index contributed by atoms with van der Waals surface area (Å²) in [7, 11) is 0. The molecule has 1 saturated heterocycles. The van der Waals surface area contributed by atoms with E-state index in [0.717, 1.165) is 25.3 Å². The van der Waals surface area contributed by atoms with Gasteiger partial charge in [0.15, 0.2) is 0 Å². The maximum Gasteiger partial charge on any atom is 0.123 e. The van der Waals surface area contributed by atoms with Crippen LogP contribution >= 0.6 is 0 Å². The first-order chi connectivity index (χ1) is 8.65. The number of para-hydroxylation sites is 1. The average Bonchev–Trinajstić information content (AvgIpc) is 2.70. The summed E-state index contributed by atoms with van der Waals surface area (Å²) < 4.78 is 11.3. The van der Waals surface area contributed by atoms with Crippen LogP contribution in [0.15, 0.2) is 24.3 Å². The molecule has 0 spiro atoms. The normalized spacial score (nSPS) is 27.4. The molecule has 1 aliphatic heterocycles. The summed E-state index contributed by atoms with van der Waals surface area (Å²) in [6.07, 6.45) is 1.32. The Hall–Kier alpha value is -1.06. The molecule has 0 saturated carbocycles. The van der Waals surface area contributed by atoms with E-state index in [0.29, 0.717) is 6.61 Å². The van der Waals surface area contributed by atoms with Gasteiger partial charge >= 0.3 is 0 Å². The smallest absolute Gasteiger partial charge is 0.123 e. The van der Waals surface area contributed by atoms with Gasteiger partial charge < -0.3 is 14.8 Å². The first kappa shape index (κ1) is 13.4. The van der Waals surface area contributed by atoms with Crippen molar-refractivity contribution in [2.75, 3.05) is 13.2 Å². The molecular weight excluding hydrogens is 226 g/mol. The predicted molar refractivity (Wildman–Crippen MR) is 72.9 cm³/mol. The van der Waals surface area contributed by atoms with Crippen LogP contribution in [0.25, 0.3) is 0 Å². The Morgan fingerprint density at radius 2 is 2.22 bits per heavy atom. The highest BCUT2D eigenvalue weighted by Crippen LogP contribution is 2.26. The fourth-order valence-corrected chi connectivity index (χ4v) is 2.31. The molecule has 1 N–H and O–H groups in total. The zero-order chi connectivity index (χ0) is 13.0. The van der Waals surface area contributed by atoms with Gasteiger partial charge in [-0.05, 0) is 33.3 Å². The fourth-order valence-electron chi connectivity index (χ4n) is 2.31. The van der Waals surface area contributed by atoms with Crippen molar-refractivity contribution in [3.63, 3.8) is 0 Å². The molecule has 2 atom stereocenters. The van der Waals surface area contributed by atoms with Gasteiger partial charge in [0.1, 0.15) is 5.75 Å². The third kappa shape index (κ3) is 2.85. The zero-order valence-electron chi connectivity index (χ0n) is 11.5. The standard InChI is InChI=1S/C15H23NO2/c1-4-17-14-8-6-5-7-13(14)11-16-15(3)9-10-18-12(15)2/h5-8,12,16H,4,9-11H2,1-3H3. The summed E-state index contributed by atoms with van der Waals surface area (Å²) in [4.78, 5) is 0. The van der Waals surface area contributed by atoms with Gasteiger partial charge in [-0.15, -0.1) is 0 Å². The van der Waals surface area contributed by atoms with Crippen LogP contribution in [0.4, 0.5) is 0 Å². The fraction of sp³-hybridized carbons (Fsp3) is 0.600. The lowest BCUT2D eigenvalue weighted by atomic mass is 9.94. The van der Waals surface area contributed by atoms with E-state index in [1.165, 1.54) is 5.56 Å². The first-order valence-corrected chi connectivity index (χ1v) is 6.73. The van der Waals surface area contributed by atoms with Crippen LogP contribution in [0, 0.1) is 0 Å². The second-order valence-corrected chi connectivity index (χ2v) is 5.07. The molecule has 0 bridgehead atoms. The Morgan fingerprint density at radius 3 is 2.89 bits per heavy atom. The van der Waals surface area contributed by atoms with Gasteiger partial charge in [-0.3, -0.25) is 0 Å². The van der Waals surface area contributed by atoms with Gasteiger partial charge in [0.05, 0.1) is 12.7 Å². The van der Waals surface area contributed by atoms with Crippen LogP contribution in [0.1, 0.15) is 32.8 Å². The van der Waals surface area contributed by atoms with E-state index < -0.39 is 0 Å². The first-order valence-electron chi connectivity index (χ1n) is 6.73. The van der Waals surface area contributed by atoms with Crippen molar-refractivity contribution in [3.05, 3.63) is 29.8 Å². The maximum atomic E-state index is 5.64. The Bertz CT molecular complexity index is 394. The summed E-state index contributed by atoms with van der Waals surface area (Å²) in [5.74, 6) is 0.975. The minimum Gasteiger partial charge on any atom is -0.494 e. The highest BCUT2D eigenvalue weighted by molar-refractivity contribution is 5.33. The average molecular weight is 249 g/mol. The molecule has 0 aliphatic carbocycles. The summed E-state index contributed by atoms with van der Waals surface area (Å²) in [5, 5.41) is 3.62. The minimum atomic E-state index is 0.0688. The van der Waals surface area contributed by atoms with Crippen LogP contribution in [-0.4, -0.2) is 24.9 Å². The molecule has 0 aromatic heterocycles. The number of nitrogens with one attached hydrogen (secondary N) is 1. The van der Waals surface area contributed by atoms with Gasteiger partial charge in [0.25, 0.3) is 0 Å².